The molecule has 0 unspecified atom stereocenters. The average molecular weight is 221 g/mol. The molecule has 72 valence electrons. The number of hydrogen-bond acceptors (Lipinski definition) is 3. The highest BCUT2D eigenvalue weighted by molar-refractivity contribution is 8.34. The lowest BCUT2D eigenvalue weighted by atomic mass is 10.1. The van der Waals surface area contributed by atoms with E-state index in [1.54, 1.807) is 11.8 Å². The van der Waals surface area contributed by atoms with E-state index in [4.69, 9.17) is 12.2 Å². The van der Waals surface area contributed by atoms with Gasteiger partial charge in [-0.05, 0) is 13.8 Å². The van der Waals surface area contributed by atoms with Crippen molar-refractivity contribution in [3.05, 3.63) is 35.9 Å². The minimum absolute atomic E-state index is 0.189. The fourth-order valence-corrected chi connectivity index (χ4v) is 2.52. The zero-order valence-electron chi connectivity index (χ0n) is 8.15. The predicted octanol–water partition coefficient (Wildman–Crippen LogP) is 3.29. The van der Waals surface area contributed by atoms with Gasteiger partial charge in [0, 0.05) is 5.56 Å². The first-order valence-corrected chi connectivity index (χ1v) is 5.70. The molecule has 0 radical (unpaired) electrons. The van der Waals surface area contributed by atoms with Crippen LogP contribution in [0.1, 0.15) is 19.4 Å². The van der Waals surface area contributed by atoms with Gasteiger partial charge in [0.05, 0.1) is 9.74 Å². The zero-order valence-corrected chi connectivity index (χ0v) is 9.78. The number of hydrogen-bond donors (Lipinski definition) is 0. The summed E-state index contributed by atoms with van der Waals surface area (Å²) >= 11 is 6.89. The largest absolute Gasteiger partial charge is 0.265 e. The third-order valence-corrected chi connectivity index (χ3v) is 4.05. The minimum atomic E-state index is -0.189. The molecule has 1 nitrogen and oxygen atoms in total. The molecule has 1 aromatic carbocycles. The highest BCUT2D eigenvalue weighted by Crippen LogP contribution is 2.33. The second kappa shape index (κ2) is 3.48. The van der Waals surface area contributed by atoms with E-state index >= 15 is 0 Å². The van der Waals surface area contributed by atoms with Crippen molar-refractivity contribution in [1.82, 2.24) is 0 Å². The lowest BCUT2D eigenvalue weighted by Crippen LogP contribution is -2.20. The van der Waals surface area contributed by atoms with E-state index in [1.807, 2.05) is 18.2 Å². The number of rotatable bonds is 1. The molecule has 0 aliphatic carbocycles. The number of thiocarbonyl (C=S) groups is 1. The predicted molar refractivity (Wildman–Crippen MR) is 67.2 cm³/mol. The Morgan fingerprint density at radius 2 is 1.86 bits per heavy atom. The van der Waals surface area contributed by atoms with Gasteiger partial charge in [0.2, 0.25) is 0 Å². The molecule has 0 saturated carbocycles. The van der Waals surface area contributed by atoms with Crippen LogP contribution < -0.4 is 0 Å². The SMILES string of the molecule is CC1(C)N=C(c2ccccc2)SC1=S. The van der Waals surface area contributed by atoms with E-state index in [0.29, 0.717) is 0 Å². The quantitative estimate of drug-likeness (QED) is 0.675. The smallest absolute Gasteiger partial charge is 0.104 e. The fourth-order valence-electron chi connectivity index (χ4n) is 1.24. The Kier molecular flexibility index (Phi) is 2.45. The van der Waals surface area contributed by atoms with E-state index in [0.717, 1.165) is 14.8 Å². The molecule has 14 heavy (non-hydrogen) atoms. The maximum atomic E-state index is 5.28. The van der Waals surface area contributed by atoms with Crippen LogP contribution in [0.25, 0.3) is 0 Å². The first-order valence-electron chi connectivity index (χ1n) is 4.47. The molecule has 1 aliphatic rings. The van der Waals surface area contributed by atoms with Crippen LogP contribution in [0.15, 0.2) is 35.3 Å². The molecule has 0 saturated heterocycles. The van der Waals surface area contributed by atoms with Gasteiger partial charge in [0.15, 0.2) is 0 Å². The molecule has 0 aromatic heterocycles. The van der Waals surface area contributed by atoms with Crippen molar-refractivity contribution in [2.45, 2.75) is 19.4 Å². The minimum Gasteiger partial charge on any atom is -0.265 e. The maximum Gasteiger partial charge on any atom is 0.104 e. The Morgan fingerprint density at radius 3 is 2.36 bits per heavy atom. The van der Waals surface area contributed by atoms with Gasteiger partial charge in [-0.3, -0.25) is 4.99 Å². The summed E-state index contributed by atoms with van der Waals surface area (Å²) in [5.74, 6) is 0. The molecular weight excluding hydrogens is 210 g/mol. The molecular formula is C11H11NS2. The van der Waals surface area contributed by atoms with Gasteiger partial charge >= 0.3 is 0 Å². The monoisotopic (exact) mass is 221 g/mol. The van der Waals surface area contributed by atoms with E-state index < -0.39 is 0 Å². The van der Waals surface area contributed by atoms with Gasteiger partial charge in [-0.25, -0.2) is 0 Å². The third kappa shape index (κ3) is 1.74. The maximum absolute atomic E-state index is 5.28. The summed E-state index contributed by atoms with van der Waals surface area (Å²) in [5.41, 5.74) is 0.968. The molecule has 0 amide bonds. The van der Waals surface area contributed by atoms with Gasteiger partial charge in [0.1, 0.15) is 5.04 Å². The Hall–Kier alpha value is -0.670. The van der Waals surface area contributed by atoms with Crippen LogP contribution in [0.3, 0.4) is 0 Å². The van der Waals surface area contributed by atoms with Crippen molar-refractivity contribution >= 4 is 33.2 Å². The van der Waals surface area contributed by atoms with Crippen LogP contribution in [0.2, 0.25) is 0 Å². The molecule has 3 heteroatoms. The van der Waals surface area contributed by atoms with Crippen molar-refractivity contribution in [2.75, 3.05) is 0 Å². The molecule has 0 N–H and O–H groups in total. The second-order valence-electron chi connectivity index (χ2n) is 3.73. The molecule has 1 aliphatic heterocycles. The summed E-state index contributed by atoms with van der Waals surface area (Å²) in [6, 6.07) is 10.2. The van der Waals surface area contributed by atoms with E-state index in [2.05, 4.69) is 31.0 Å². The number of nitrogens with zero attached hydrogens (tertiary/aromatic N) is 1. The molecule has 0 fully saturated rings. The Bertz CT molecular complexity index is 393. The van der Waals surface area contributed by atoms with Gasteiger partial charge in [-0.15, -0.1) is 0 Å². The van der Waals surface area contributed by atoms with Gasteiger partial charge < -0.3 is 0 Å². The molecule has 0 atom stereocenters. The van der Waals surface area contributed by atoms with Gasteiger partial charge in [-0.2, -0.15) is 0 Å². The van der Waals surface area contributed by atoms with Crippen molar-refractivity contribution in [1.29, 1.82) is 0 Å². The van der Waals surface area contributed by atoms with Crippen molar-refractivity contribution in [2.24, 2.45) is 4.99 Å². The molecule has 2 rings (SSSR count). The normalized spacial score (nSPS) is 19.6. The summed E-state index contributed by atoms with van der Waals surface area (Å²) in [6.07, 6.45) is 0. The molecule has 1 heterocycles. The fraction of sp³-hybridized carbons (Fsp3) is 0.273. The summed E-state index contributed by atoms with van der Waals surface area (Å²) in [5, 5.41) is 1.04. The Morgan fingerprint density at radius 1 is 1.21 bits per heavy atom. The number of thioether (sulfide) groups is 1. The van der Waals surface area contributed by atoms with Crippen LogP contribution in [0.4, 0.5) is 0 Å². The van der Waals surface area contributed by atoms with Crippen LogP contribution in [0.5, 0.6) is 0 Å². The summed E-state index contributed by atoms with van der Waals surface area (Å²) < 4.78 is 0.955. The average Bonchev–Trinajstić information content (AvgIpc) is 2.43. The highest BCUT2D eigenvalue weighted by atomic mass is 32.2. The first kappa shape index (κ1) is 9.87. The molecule has 1 aromatic rings. The zero-order chi connectivity index (χ0) is 10.2. The lowest BCUT2D eigenvalue weighted by molar-refractivity contribution is 0.729. The van der Waals surface area contributed by atoms with E-state index in [1.165, 1.54) is 0 Å². The number of benzene rings is 1. The van der Waals surface area contributed by atoms with Crippen molar-refractivity contribution in [3.63, 3.8) is 0 Å². The first-order chi connectivity index (χ1) is 6.59. The summed E-state index contributed by atoms with van der Waals surface area (Å²) in [7, 11) is 0. The van der Waals surface area contributed by atoms with Gasteiger partial charge in [-0.1, -0.05) is 54.3 Å². The van der Waals surface area contributed by atoms with E-state index in [-0.39, 0.29) is 5.54 Å². The van der Waals surface area contributed by atoms with Crippen LogP contribution in [0, 0.1) is 0 Å². The topological polar surface area (TPSA) is 12.4 Å². The Labute approximate surface area is 93.6 Å². The molecule has 0 bridgehead atoms. The van der Waals surface area contributed by atoms with Gasteiger partial charge in [0.25, 0.3) is 0 Å². The highest BCUT2D eigenvalue weighted by Gasteiger charge is 2.31. The van der Waals surface area contributed by atoms with Crippen LogP contribution >= 0.6 is 24.0 Å². The van der Waals surface area contributed by atoms with Crippen molar-refractivity contribution in [3.8, 4) is 0 Å². The Balaban J connectivity index is 2.36. The van der Waals surface area contributed by atoms with E-state index in [9.17, 15) is 0 Å². The summed E-state index contributed by atoms with van der Waals surface area (Å²) in [6.45, 7) is 4.11. The summed E-state index contributed by atoms with van der Waals surface area (Å²) in [4.78, 5) is 4.61. The second-order valence-corrected chi connectivity index (χ2v) is 5.40. The lowest BCUT2D eigenvalue weighted by Gasteiger charge is -2.10. The van der Waals surface area contributed by atoms with Crippen LogP contribution in [-0.2, 0) is 0 Å². The van der Waals surface area contributed by atoms with Crippen molar-refractivity contribution < 1.29 is 0 Å². The third-order valence-electron chi connectivity index (χ3n) is 2.09. The molecule has 0 spiro atoms. The standard InChI is InChI=1S/C11H11NS2/c1-11(2)10(13)14-9(12-11)8-6-4-3-5-7-8/h3-7H,1-2H3. The number of aliphatic imine (C=N–C) groups is 1. The van der Waals surface area contributed by atoms with Crippen LogP contribution in [-0.4, -0.2) is 14.8 Å².